The van der Waals surface area contributed by atoms with Crippen LogP contribution in [0.1, 0.15) is 64.0 Å². The highest BCUT2D eigenvalue weighted by molar-refractivity contribution is 5.21. The monoisotopic (exact) mass is 334 g/mol. The van der Waals surface area contributed by atoms with Crippen molar-refractivity contribution in [2.75, 3.05) is 0 Å². The zero-order chi connectivity index (χ0) is 17.9. The molecule has 0 aliphatic heterocycles. The third-order valence-electron chi connectivity index (χ3n) is 7.05. The summed E-state index contributed by atoms with van der Waals surface area (Å²) in [5, 5.41) is 0. The maximum atomic E-state index is 2.54. The fourth-order valence-electron chi connectivity index (χ4n) is 5.53. The Kier molecular flexibility index (Phi) is 5.67. The van der Waals surface area contributed by atoms with E-state index in [4.69, 9.17) is 0 Å². The van der Waals surface area contributed by atoms with E-state index in [1.807, 2.05) is 0 Å². The van der Waals surface area contributed by atoms with Crippen LogP contribution in [0.3, 0.4) is 0 Å². The Balaban J connectivity index is 1.76. The van der Waals surface area contributed by atoms with E-state index in [2.05, 4.69) is 88.4 Å². The molecule has 4 atom stereocenters. The molecule has 0 N–H and O–H groups in total. The molecule has 1 aliphatic carbocycles. The van der Waals surface area contributed by atoms with Crippen molar-refractivity contribution in [3.63, 3.8) is 0 Å². The van der Waals surface area contributed by atoms with Crippen LogP contribution in [-0.4, -0.2) is 0 Å². The predicted octanol–water partition coefficient (Wildman–Crippen LogP) is 7.11. The third kappa shape index (κ3) is 4.00. The summed E-state index contributed by atoms with van der Waals surface area (Å²) in [4.78, 5) is 0. The van der Waals surface area contributed by atoms with E-state index in [0.717, 1.165) is 17.8 Å². The number of aryl methyl sites for hydroxylation is 1. The van der Waals surface area contributed by atoms with Crippen LogP contribution in [0.15, 0.2) is 60.7 Å². The van der Waals surface area contributed by atoms with Crippen LogP contribution in [0, 0.1) is 23.2 Å². The quantitative estimate of drug-likeness (QED) is 0.546. The lowest BCUT2D eigenvalue weighted by atomic mass is 9.54. The smallest absolute Gasteiger partial charge is 0.0157 e. The summed E-state index contributed by atoms with van der Waals surface area (Å²) in [5.74, 6) is 3.05. The molecule has 25 heavy (non-hydrogen) atoms. The van der Waals surface area contributed by atoms with Gasteiger partial charge in [-0.05, 0) is 59.5 Å². The molecule has 2 aromatic rings. The standard InChI is InChI=1S/C25H34/c1-19-15-17-24(20(2)22-13-9-6-10-14-22)25(3,4)23(19)18-16-21-11-7-5-8-12-21/h5-14,19-20,23-24H,15-18H2,1-4H3/t19?,20-,23+,24-/m1/s1. The SMILES string of the molecule is CC1CC[C@H]([C@H](C)c2ccccc2)C(C)(C)[C@H]1CCc1ccccc1. The van der Waals surface area contributed by atoms with Crippen molar-refractivity contribution >= 4 is 0 Å². The van der Waals surface area contributed by atoms with Crippen molar-refractivity contribution in [3.8, 4) is 0 Å². The van der Waals surface area contributed by atoms with Gasteiger partial charge >= 0.3 is 0 Å². The van der Waals surface area contributed by atoms with Crippen LogP contribution in [0.2, 0.25) is 0 Å². The summed E-state index contributed by atoms with van der Waals surface area (Å²) in [6, 6.07) is 22.2. The van der Waals surface area contributed by atoms with Gasteiger partial charge in [-0.15, -0.1) is 0 Å². The normalized spacial score (nSPS) is 27.0. The van der Waals surface area contributed by atoms with Crippen molar-refractivity contribution in [3.05, 3.63) is 71.8 Å². The predicted molar refractivity (Wildman–Crippen MR) is 109 cm³/mol. The lowest BCUT2D eigenvalue weighted by molar-refractivity contribution is 0.00196. The lowest BCUT2D eigenvalue weighted by Gasteiger charge is -2.51. The Morgan fingerprint density at radius 1 is 0.920 bits per heavy atom. The molecule has 0 spiro atoms. The molecule has 0 heteroatoms. The van der Waals surface area contributed by atoms with Crippen LogP contribution in [0.4, 0.5) is 0 Å². The van der Waals surface area contributed by atoms with Gasteiger partial charge in [0.15, 0.2) is 0 Å². The molecule has 0 heterocycles. The Bertz CT molecular complexity index is 640. The Hall–Kier alpha value is -1.56. The molecule has 0 aromatic heterocycles. The van der Waals surface area contributed by atoms with Gasteiger partial charge in [-0.25, -0.2) is 0 Å². The molecule has 0 radical (unpaired) electrons. The largest absolute Gasteiger partial charge is 0.0622 e. The lowest BCUT2D eigenvalue weighted by Crippen LogP contribution is -2.43. The van der Waals surface area contributed by atoms with Gasteiger partial charge in [-0.1, -0.05) is 94.8 Å². The van der Waals surface area contributed by atoms with Gasteiger partial charge in [0, 0.05) is 0 Å². The zero-order valence-electron chi connectivity index (χ0n) is 16.4. The second-order valence-electron chi connectivity index (χ2n) is 8.81. The highest BCUT2D eigenvalue weighted by atomic mass is 14.5. The molecule has 0 nitrogen and oxygen atoms in total. The maximum absolute atomic E-state index is 2.54. The summed E-state index contributed by atoms with van der Waals surface area (Å²) in [6.07, 6.45) is 5.28. The van der Waals surface area contributed by atoms with E-state index >= 15 is 0 Å². The van der Waals surface area contributed by atoms with Crippen molar-refractivity contribution in [1.82, 2.24) is 0 Å². The molecule has 1 fully saturated rings. The van der Waals surface area contributed by atoms with Crippen LogP contribution < -0.4 is 0 Å². The molecule has 1 unspecified atom stereocenters. The molecular weight excluding hydrogens is 300 g/mol. The minimum absolute atomic E-state index is 0.391. The van der Waals surface area contributed by atoms with Crippen LogP contribution in [0.25, 0.3) is 0 Å². The Morgan fingerprint density at radius 3 is 2.16 bits per heavy atom. The third-order valence-corrected chi connectivity index (χ3v) is 7.05. The van der Waals surface area contributed by atoms with Crippen LogP contribution in [0.5, 0.6) is 0 Å². The number of hydrogen-bond donors (Lipinski definition) is 0. The van der Waals surface area contributed by atoms with Gasteiger partial charge in [0.1, 0.15) is 0 Å². The molecular formula is C25H34. The second kappa shape index (κ2) is 7.77. The van der Waals surface area contributed by atoms with E-state index in [1.54, 1.807) is 0 Å². The highest BCUT2D eigenvalue weighted by Gasteiger charge is 2.45. The van der Waals surface area contributed by atoms with E-state index in [-0.39, 0.29) is 0 Å². The summed E-state index contributed by atoms with van der Waals surface area (Å²) in [5.41, 5.74) is 3.39. The number of hydrogen-bond acceptors (Lipinski definition) is 0. The fourth-order valence-corrected chi connectivity index (χ4v) is 5.53. The van der Waals surface area contributed by atoms with Gasteiger partial charge in [0.25, 0.3) is 0 Å². The summed E-state index contributed by atoms with van der Waals surface area (Å²) in [6.45, 7) is 10.0. The summed E-state index contributed by atoms with van der Waals surface area (Å²) in [7, 11) is 0. The molecule has 0 bridgehead atoms. The van der Waals surface area contributed by atoms with Crippen molar-refractivity contribution in [2.24, 2.45) is 23.2 Å². The molecule has 3 rings (SSSR count). The first-order valence-electron chi connectivity index (χ1n) is 10.1. The maximum Gasteiger partial charge on any atom is -0.0157 e. The summed E-state index contributed by atoms with van der Waals surface area (Å²) < 4.78 is 0. The van der Waals surface area contributed by atoms with Crippen LogP contribution >= 0.6 is 0 Å². The topological polar surface area (TPSA) is 0 Å². The molecule has 2 aromatic carbocycles. The van der Waals surface area contributed by atoms with Gasteiger partial charge in [-0.3, -0.25) is 0 Å². The van der Waals surface area contributed by atoms with Gasteiger partial charge < -0.3 is 0 Å². The Labute approximate surface area is 154 Å². The second-order valence-corrected chi connectivity index (χ2v) is 8.81. The molecule has 0 amide bonds. The molecule has 134 valence electrons. The average Bonchev–Trinajstić information content (AvgIpc) is 2.62. The van der Waals surface area contributed by atoms with Crippen molar-refractivity contribution in [2.45, 2.75) is 59.3 Å². The molecule has 0 saturated heterocycles. The first-order chi connectivity index (χ1) is 12.0. The van der Waals surface area contributed by atoms with E-state index in [0.29, 0.717) is 11.3 Å². The van der Waals surface area contributed by atoms with Gasteiger partial charge in [0.05, 0.1) is 0 Å². The number of rotatable bonds is 5. The Morgan fingerprint density at radius 2 is 1.52 bits per heavy atom. The van der Waals surface area contributed by atoms with Crippen molar-refractivity contribution < 1.29 is 0 Å². The van der Waals surface area contributed by atoms with Crippen molar-refractivity contribution in [1.29, 1.82) is 0 Å². The van der Waals surface area contributed by atoms with E-state index in [1.165, 1.54) is 36.8 Å². The minimum Gasteiger partial charge on any atom is -0.0622 e. The zero-order valence-corrected chi connectivity index (χ0v) is 16.4. The number of benzene rings is 2. The molecule has 1 aliphatic rings. The minimum atomic E-state index is 0.391. The van der Waals surface area contributed by atoms with E-state index in [9.17, 15) is 0 Å². The fraction of sp³-hybridized carbons (Fsp3) is 0.520. The van der Waals surface area contributed by atoms with Gasteiger partial charge in [-0.2, -0.15) is 0 Å². The van der Waals surface area contributed by atoms with Gasteiger partial charge in [0.2, 0.25) is 0 Å². The first kappa shape index (κ1) is 18.2. The van der Waals surface area contributed by atoms with E-state index < -0.39 is 0 Å². The molecule has 1 saturated carbocycles. The van der Waals surface area contributed by atoms with Crippen LogP contribution in [-0.2, 0) is 6.42 Å². The highest BCUT2D eigenvalue weighted by Crippen LogP contribution is 2.54. The average molecular weight is 335 g/mol. The summed E-state index contributed by atoms with van der Waals surface area (Å²) >= 11 is 0. The first-order valence-corrected chi connectivity index (χ1v) is 10.1.